The van der Waals surface area contributed by atoms with Crippen LogP contribution in [-0.4, -0.2) is 25.2 Å². The second-order valence-electron chi connectivity index (χ2n) is 5.68. The fourth-order valence-corrected chi connectivity index (χ4v) is 2.87. The van der Waals surface area contributed by atoms with E-state index < -0.39 is 0 Å². The summed E-state index contributed by atoms with van der Waals surface area (Å²) in [5.41, 5.74) is 2.39. The molecule has 124 valence electrons. The van der Waals surface area contributed by atoms with Gasteiger partial charge in [-0.2, -0.15) is 0 Å². The lowest BCUT2D eigenvalue weighted by Gasteiger charge is -2.17. The molecule has 1 aliphatic heterocycles. The molecule has 24 heavy (non-hydrogen) atoms. The molecule has 5 nitrogen and oxygen atoms in total. The number of anilines is 2. The van der Waals surface area contributed by atoms with Gasteiger partial charge in [-0.1, -0.05) is 43.3 Å². The lowest BCUT2D eigenvalue weighted by atomic mass is 9.95. The Balaban J connectivity index is 1.75. The number of nitrogens with zero attached hydrogens (tertiary/aromatic N) is 1. The number of rotatable bonds is 5. The van der Waals surface area contributed by atoms with Gasteiger partial charge in [-0.15, -0.1) is 0 Å². The minimum absolute atomic E-state index is 0.0511. The van der Waals surface area contributed by atoms with Crippen LogP contribution in [0.2, 0.25) is 0 Å². The number of amides is 2. The summed E-state index contributed by atoms with van der Waals surface area (Å²) >= 11 is 0. The van der Waals surface area contributed by atoms with Gasteiger partial charge in [0.25, 0.3) is 0 Å². The molecule has 1 atom stereocenters. The molecule has 1 unspecified atom stereocenters. The van der Waals surface area contributed by atoms with Crippen LogP contribution >= 0.6 is 0 Å². The maximum atomic E-state index is 12.6. The van der Waals surface area contributed by atoms with Gasteiger partial charge >= 0.3 is 6.09 Å². The molecule has 0 aliphatic carbocycles. The van der Waals surface area contributed by atoms with Gasteiger partial charge in [0.2, 0.25) is 5.91 Å². The Morgan fingerprint density at radius 1 is 1.21 bits per heavy atom. The van der Waals surface area contributed by atoms with Gasteiger partial charge in [-0.05, 0) is 30.2 Å². The molecule has 0 aromatic heterocycles. The molecule has 1 saturated heterocycles. The Morgan fingerprint density at radius 3 is 2.67 bits per heavy atom. The van der Waals surface area contributed by atoms with Crippen LogP contribution in [0.3, 0.4) is 0 Å². The largest absolute Gasteiger partial charge is 0.447 e. The number of carbonyl (C=O) groups is 2. The number of hydrogen-bond acceptors (Lipinski definition) is 3. The number of hydrogen-bond donors (Lipinski definition) is 1. The average Bonchev–Trinajstić information content (AvgIpc) is 3.03. The highest BCUT2D eigenvalue weighted by molar-refractivity contribution is 5.97. The van der Waals surface area contributed by atoms with Gasteiger partial charge in [0.05, 0.1) is 12.5 Å². The summed E-state index contributed by atoms with van der Waals surface area (Å²) in [7, 11) is 0. The van der Waals surface area contributed by atoms with E-state index in [2.05, 4.69) is 5.32 Å². The fraction of sp³-hybridized carbons (Fsp3) is 0.263. The van der Waals surface area contributed by atoms with Crippen LogP contribution in [0.15, 0.2) is 54.6 Å². The zero-order valence-electron chi connectivity index (χ0n) is 13.6. The van der Waals surface area contributed by atoms with Crippen molar-refractivity contribution in [2.24, 2.45) is 0 Å². The van der Waals surface area contributed by atoms with E-state index >= 15 is 0 Å². The first-order valence-electron chi connectivity index (χ1n) is 8.09. The molecule has 5 heteroatoms. The molecule has 1 N–H and O–H groups in total. The van der Waals surface area contributed by atoms with E-state index in [-0.39, 0.29) is 17.9 Å². The topological polar surface area (TPSA) is 58.6 Å². The lowest BCUT2D eigenvalue weighted by Crippen LogP contribution is -2.24. The van der Waals surface area contributed by atoms with Crippen LogP contribution in [0, 0.1) is 0 Å². The first kappa shape index (κ1) is 16.1. The van der Waals surface area contributed by atoms with Crippen molar-refractivity contribution >= 4 is 23.4 Å². The van der Waals surface area contributed by atoms with Gasteiger partial charge in [-0.3, -0.25) is 9.69 Å². The van der Waals surface area contributed by atoms with Crippen molar-refractivity contribution in [2.75, 3.05) is 23.4 Å². The zero-order chi connectivity index (χ0) is 16.9. The smallest absolute Gasteiger partial charge is 0.414 e. The summed E-state index contributed by atoms with van der Waals surface area (Å²) in [6, 6.07) is 17.0. The molecule has 2 aromatic rings. The van der Waals surface area contributed by atoms with E-state index in [1.54, 1.807) is 11.0 Å². The van der Waals surface area contributed by atoms with Crippen molar-refractivity contribution in [1.29, 1.82) is 0 Å². The van der Waals surface area contributed by atoms with Gasteiger partial charge in [0, 0.05) is 11.4 Å². The van der Waals surface area contributed by atoms with E-state index in [1.165, 1.54) is 0 Å². The third kappa shape index (κ3) is 3.40. The molecule has 1 fully saturated rings. The van der Waals surface area contributed by atoms with Crippen molar-refractivity contribution < 1.29 is 14.3 Å². The molecule has 3 rings (SSSR count). The summed E-state index contributed by atoms with van der Waals surface area (Å²) in [4.78, 5) is 25.8. The monoisotopic (exact) mass is 324 g/mol. The normalized spacial score (nSPS) is 15.0. The lowest BCUT2D eigenvalue weighted by molar-refractivity contribution is -0.117. The summed E-state index contributed by atoms with van der Waals surface area (Å²) < 4.78 is 4.95. The second-order valence-corrected chi connectivity index (χ2v) is 5.68. The van der Waals surface area contributed by atoms with Gasteiger partial charge in [-0.25, -0.2) is 4.79 Å². The van der Waals surface area contributed by atoms with E-state index in [0.29, 0.717) is 25.3 Å². The summed E-state index contributed by atoms with van der Waals surface area (Å²) in [6.07, 6.45) is 0.364. The number of benzene rings is 2. The summed E-state index contributed by atoms with van der Waals surface area (Å²) in [6.45, 7) is 2.91. The quantitative estimate of drug-likeness (QED) is 0.910. The Labute approximate surface area is 141 Å². The van der Waals surface area contributed by atoms with Crippen LogP contribution in [0.25, 0.3) is 0 Å². The molecule has 0 bridgehead atoms. The predicted octanol–water partition coefficient (Wildman–Crippen LogP) is 3.78. The molecular formula is C19H20N2O3. The van der Waals surface area contributed by atoms with Gasteiger partial charge < -0.3 is 10.1 Å². The van der Waals surface area contributed by atoms with Crippen LogP contribution < -0.4 is 10.2 Å². The highest BCUT2D eigenvalue weighted by Gasteiger charge is 2.24. The molecule has 1 heterocycles. The third-order valence-electron chi connectivity index (χ3n) is 4.11. The Kier molecular flexibility index (Phi) is 4.79. The van der Waals surface area contributed by atoms with E-state index in [1.807, 2.05) is 55.5 Å². The first-order chi connectivity index (χ1) is 11.7. The van der Waals surface area contributed by atoms with E-state index in [4.69, 9.17) is 4.74 Å². The highest BCUT2D eigenvalue weighted by atomic mass is 16.6. The first-order valence-corrected chi connectivity index (χ1v) is 8.09. The Hall–Kier alpha value is -2.82. The maximum Gasteiger partial charge on any atom is 0.414 e. The molecule has 2 aromatic carbocycles. The van der Waals surface area contributed by atoms with Gasteiger partial charge in [0.15, 0.2) is 0 Å². The van der Waals surface area contributed by atoms with Crippen LogP contribution in [-0.2, 0) is 9.53 Å². The molecular weight excluding hydrogens is 304 g/mol. The predicted molar refractivity (Wildman–Crippen MR) is 93.2 cm³/mol. The van der Waals surface area contributed by atoms with Crippen LogP contribution in [0.4, 0.5) is 16.2 Å². The standard InChI is InChI=1S/C19H20N2O3/c1-2-17(14-7-4-3-5-8-14)18(22)20-15-9-6-10-16(13-15)21-11-12-24-19(21)23/h3-10,13,17H,2,11-12H2,1H3,(H,20,22). The van der Waals surface area contributed by atoms with E-state index in [0.717, 1.165) is 11.3 Å². The molecule has 0 radical (unpaired) electrons. The minimum Gasteiger partial charge on any atom is -0.447 e. The molecule has 0 saturated carbocycles. The summed E-state index contributed by atoms with van der Waals surface area (Å²) in [5.74, 6) is -0.253. The van der Waals surface area contributed by atoms with Crippen LogP contribution in [0.5, 0.6) is 0 Å². The average molecular weight is 324 g/mol. The fourth-order valence-electron chi connectivity index (χ4n) is 2.87. The Morgan fingerprint density at radius 2 is 2.00 bits per heavy atom. The molecule has 1 aliphatic rings. The van der Waals surface area contributed by atoms with Crippen molar-refractivity contribution in [3.8, 4) is 0 Å². The van der Waals surface area contributed by atoms with Crippen molar-refractivity contribution in [1.82, 2.24) is 0 Å². The molecule has 2 amide bonds. The third-order valence-corrected chi connectivity index (χ3v) is 4.11. The van der Waals surface area contributed by atoms with Crippen molar-refractivity contribution in [3.05, 3.63) is 60.2 Å². The van der Waals surface area contributed by atoms with Crippen molar-refractivity contribution in [3.63, 3.8) is 0 Å². The SMILES string of the molecule is CCC(C(=O)Nc1cccc(N2CCOC2=O)c1)c1ccccc1. The van der Waals surface area contributed by atoms with Crippen molar-refractivity contribution in [2.45, 2.75) is 19.3 Å². The number of carbonyl (C=O) groups excluding carboxylic acids is 2. The number of cyclic esters (lactones) is 1. The number of ether oxygens (including phenoxy) is 1. The van der Waals surface area contributed by atoms with Crippen LogP contribution in [0.1, 0.15) is 24.8 Å². The summed E-state index contributed by atoms with van der Waals surface area (Å²) in [5, 5.41) is 2.95. The highest BCUT2D eigenvalue weighted by Crippen LogP contribution is 2.25. The Bertz CT molecular complexity index is 730. The van der Waals surface area contributed by atoms with Gasteiger partial charge in [0.1, 0.15) is 6.61 Å². The number of nitrogens with one attached hydrogen (secondary N) is 1. The molecule has 0 spiro atoms. The second kappa shape index (κ2) is 7.17. The van der Waals surface area contributed by atoms with E-state index in [9.17, 15) is 9.59 Å². The minimum atomic E-state index is -0.353. The zero-order valence-corrected chi connectivity index (χ0v) is 13.6. The maximum absolute atomic E-state index is 12.6.